The van der Waals surface area contributed by atoms with Gasteiger partial charge in [-0.1, -0.05) is 167 Å². The predicted molar refractivity (Wildman–Crippen MR) is 246 cm³/mol. The molecular weight excluding hydrogens is 793 g/mol. The molecule has 3 unspecified atom stereocenters. The van der Waals surface area contributed by atoms with Crippen molar-refractivity contribution in [1.29, 1.82) is 0 Å². The fourth-order valence-corrected chi connectivity index (χ4v) is 11.5. The lowest BCUT2D eigenvalue weighted by Crippen LogP contribution is -2.17. The average molecular weight is 849 g/mol. The van der Waals surface area contributed by atoms with Gasteiger partial charge in [0, 0.05) is 0 Å². The van der Waals surface area contributed by atoms with E-state index in [4.69, 9.17) is 31.7 Å². The minimum absolute atomic E-state index is 0.386. The summed E-state index contributed by atoms with van der Waals surface area (Å²) in [6, 6.07) is 54.8. The van der Waals surface area contributed by atoms with E-state index in [1.54, 1.807) is 0 Å². The topological polar surface area (TPSA) is 79.8 Å². The number of nitrogens with zero attached hydrogens (tertiary/aromatic N) is 1. The van der Waals surface area contributed by atoms with Gasteiger partial charge in [-0.15, -0.1) is 9.37 Å². The molecule has 8 nitrogen and oxygen atoms in total. The molecule has 0 aliphatic carbocycles. The van der Waals surface area contributed by atoms with Crippen LogP contribution in [0.2, 0.25) is 0 Å². The fraction of sp³-hybridized carbons (Fsp3) is 0.250. The van der Waals surface area contributed by atoms with Gasteiger partial charge in [0.25, 0.3) is 0 Å². The molecule has 0 heterocycles. The number of hydrogen-bond donors (Lipinski definition) is 1. The Labute approximate surface area is 353 Å². The SMILES string of the molecule is CCCCOP(N=P(NP(OCCCC)Oc1ccc(-c2ccccc2)cc1)(OCCCC)Oc1ccc(-c2ccccc2)cc1)Oc1ccc(-c2ccccc2)cc1. The van der Waals surface area contributed by atoms with Gasteiger partial charge in [0.2, 0.25) is 0 Å². The molecule has 3 atom stereocenters. The lowest BCUT2D eigenvalue weighted by Gasteiger charge is -2.29. The first-order valence-corrected chi connectivity index (χ1v) is 24.4. The third-order valence-electron chi connectivity index (χ3n) is 9.05. The number of benzene rings is 6. The van der Waals surface area contributed by atoms with Crippen LogP contribution in [0.15, 0.2) is 168 Å². The van der Waals surface area contributed by atoms with E-state index in [1.807, 2.05) is 115 Å². The third-order valence-corrected chi connectivity index (χ3v) is 14.8. The van der Waals surface area contributed by atoms with Crippen molar-refractivity contribution in [2.75, 3.05) is 19.8 Å². The van der Waals surface area contributed by atoms with Crippen molar-refractivity contribution in [2.24, 2.45) is 4.52 Å². The molecule has 0 spiro atoms. The molecule has 0 radical (unpaired) electrons. The molecule has 0 fully saturated rings. The predicted octanol–water partition coefficient (Wildman–Crippen LogP) is 15.7. The van der Waals surface area contributed by atoms with Crippen LogP contribution in [0.3, 0.4) is 0 Å². The van der Waals surface area contributed by atoms with Crippen LogP contribution in [0.1, 0.15) is 59.3 Å². The monoisotopic (exact) mass is 848 g/mol. The van der Waals surface area contributed by atoms with Crippen molar-refractivity contribution in [3.63, 3.8) is 0 Å². The van der Waals surface area contributed by atoms with E-state index in [-0.39, 0.29) is 0 Å². The number of nitrogens with one attached hydrogen (secondary N) is 1. The molecule has 0 aliphatic rings. The summed E-state index contributed by atoms with van der Waals surface area (Å²) in [5.74, 6) is 1.86. The van der Waals surface area contributed by atoms with Crippen LogP contribution < -0.4 is 18.4 Å². The van der Waals surface area contributed by atoms with Gasteiger partial charge in [-0.25, -0.2) is 0 Å². The van der Waals surface area contributed by atoms with E-state index in [2.05, 4.69) is 74.2 Å². The Kier molecular flexibility index (Phi) is 18.0. The fourth-order valence-electron chi connectivity index (χ4n) is 5.74. The standard InChI is InChI=1S/C48H55N2O6P3/c1-4-7-37-51-57(54-46-31-25-43(26-32-46)40-19-13-10-14-20-40)49-59(53-39-9-6-3,56-48-35-29-45(30-36-48)42-23-17-12-18-24-42)50-58(52-38-8-5-2)55-47-33-27-44(28-34-47)41-21-15-11-16-22-41/h10-36,49H,4-9,37-39H2,1-3H3. The maximum absolute atomic E-state index is 6.97. The first-order valence-electron chi connectivity index (χ1n) is 20.5. The normalized spacial score (nSPS) is 13.2. The van der Waals surface area contributed by atoms with Crippen molar-refractivity contribution in [2.45, 2.75) is 59.3 Å². The Morgan fingerprint density at radius 2 is 0.831 bits per heavy atom. The maximum atomic E-state index is 6.97. The highest BCUT2D eigenvalue weighted by Crippen LogP contribution is 2.62. The molecule has 59 heavy (non-hydrogen) atoms. The molecular formula is C48H55N2O6P3. The van der Waals surface area contributed by atoms with Crippen LogP contribution in [-0.2, 0) is 13.6 Å². The highest BCUT2D eigenvalue weighted by atomic mass is 31.3. The molecule has 0 saturated heterocycles. The van der Waals surface area contributed by atoms with Crippen LogP contribution in [0.5, 0.6) is 17.2 Å². The zero-order valence-corrected chi connectivity index (χ0v) is 36.9. The van der Waals surface area contributed by atoms with Crippen LogP contribution in [0.25, 0.3) is 33.4 Å². The number of rotatable bonds is 24. The van der Waals surface area contributed by atoms with E-state index in [0.29, 0.717) is 37.1 Å². The zero-order valence-electron chi connectivity index (χ0n) is 34.2. The summed E-state index contributed by atoms with van der Waals surface area (Å²) >= 11 is 0. The summed E-state index contributed by atoms with van der Waals surface area (Å²) in [6.07, 6.45) is 5.33. The summed E-state index contributed by atoms with van der Waals surface area (Å²) in [7, 11) is -7.28. The summed E-state index contributed by atoms with van der Waals surface area (Å²) in [4.78, 5) is 3.59. The molecule has 6 rings (SSSR count). The minimum Gasteiger partial charge on any atom is -0.436 e. The molecule has 1 N–H and O–H groups in total. The van der Waals surface area contributed by atoms with Crippen LogP contribution >= 0.6 is 24.7 Å². The van der Waals surface area contributed by atoms with E-state index in [9.17, 15) is 0 Å². The summed E-state index contributed by atoms with van der Waals surface area (Å²) in [5, 5.41) is 0. The van der Waals surface area contributed by atoms with Crippen LogP contribution in [0.4, 0.5) is 0 Å². The quantitative estimate of drug-likeness (QED) is 0.0480. The van der Waals surface area contributed by atoms with Gasteiger partial charge in [-0.05, 0) is 89.0 Å². The highest BCUT2D eigenvalue weighted by molar-refractivity contribution is 7.70. The largest absolute Gasteiger partial charge is 0.436 e. The van der Waals surface area contributed by atoms with Gasteiger partial charge < -0.3 is 27.1 Å². The molecule has 0 aromatic heterocycles. The first kappa shape index (κ1) is 44.2. The Hall–Kier alpha value is -4.35. The maximum Gasteiger partial charge on any atom is 0.377 e. The molecule has 0 aliphatic heterocycles. The molecule has 6 aromatic rings. The Bertz CT molecular complexity index is 2130. The minimum atomic E-state index is -3.50. The van der Waals surface area contributed by atoms with Crippen molar-refractivity contribution < 1.29 is 27.1 Å². The summed E-state index contributed by atoms with van der Waals surface area (Å²) in [5.41, 5.74) is 6.61. The van der Waals surface area contributed by atoms with E-state index < -0.39 is 24.7 Å². The second kappa shape index (κ2) is 24.0. The second-order valence-corrected chi connectivity index (χ2v) is 18.6. The van der Waals surface area contributed by atoms with Crippen molar-refractivity contribution in [3.8, 4) is 50.6 Å². The molecule has 0 bridgehead atoms. The summed E-state index contributed by atoms with van der Waals surface area (Å²) in [6.45, 7) is 7.71. The Balaban J connectivity index is 1.38. The second-order valence-electron chi connectivity index (χ2n) is 13.7. The van der Waals surface area contributed by atoms with Crippen LogP contribution in [0, 0.1) is 0 Å². The van der Waals surface area contributed by atoms with Crippen molar-refractivity contribution in [3.05, 3.63) is 164 Å². The Morgan fingerprint density at radius 1 is 0.441 bits per heavy atom. The van der Waals surface area contributed by atoms with Gasteiger partial charge in [-0.3, -0.25) is 0 Å². The first-order chi connectivity index (χ1) is 29.1. The van der Waals surface area contributed by atoms with Gasteiger partial charge in [0.05, 0.1) is 19.8 Å². The van der Waals surface area contributed by atoms with Gasteiger partial charge >= 0.3 is 24.7 Å². The van der Waals surface area contributed by atoms with E-state index in [1.165, 1.54) is 0 Å². The molecule has 0 amide bonds. The zero-order chi connectivity index (χ0) is 41.0. The lowest BCUT2D eigenvalue weighted by molar-refractivity contribution is 0.280. The van der Waals surface area contributed by atoms with Gasteiger partial charge in [0.15, 0.2) is 0 Å². The average Bonchev–Trinajstić information content (AvgIpc) is 3.28. The molecule has 11 heteroatoms. The molecule has 6 aromatic carbocycles. The Morgan fingerprint density at radius 3 is 1.29 bits per heavy atom. The molecule has 0 saturated carbocycles. The van der Waals surface area contributed by atoms with E-state index in [0.717, 1.165) is 71.9 Å². The number of unbranched alkanes of at least 4 members (excludes halogenated alkanes) is 3. The van der Waals surface area contributed by atoms with Gasteiger partial charge in [-0.2, -0.15) is 0 Å². The van der Waals surface area contributed by atoms with Crippen LogP contribution in [-0.4, -0.2) is 19.8 Å². The smallest absolute Gasteiger partial charge is 0.377 e. The van der Waals surface area contributed by atoms with E-state index >= 15 is 0 Å². The van der Waals surface area contributed by atoms with Crippen molar-refractivity contribution >= 4 is 24.7 Å². The number of hydrogen-bond acceptors (Lipinski definition) is 7. The summed E-state index contributed by atoms with van der Waals surface area (Å²) < 4.78 is 45.3. The molecule has 308 valence electrons. The third kappa shape index (κ3) is 14.1. The van der Waals surface area contributed by atoms with Crippen molar-refractivity contribution in [1.82, 2.24) is 4.86 Å². The highest BCUT2D eigenvalue weighted by Gasteiger charge is 2.35. The lowest BCUT2D eigenvalue weighted by atomic mass is 10.1. The van der Waals surface area contributed by atoms with Gasteiger partial charge in [0.1, 0.15) is 17.2 Å².